The molecular weight excluding hydrogens is 192 g/mol. The molecule has 3 unspecified atom stereocenters. The van der Waals surface area contributed by atoms with Crippen molar-refractivity contribution in [2.75, 3.05) is 11.1 Å². The number of hydrogen-bond donors (Lipinski definition) is 2. The van der Waals surface area contributed by atoms with E-state index in [2.05, 4.69) is 15.3 Å². The van der Waals surface area contributed by atoms with Gasteiger partial charge in [-0.3, -0.25) is 0 Å². The molecule has 0 spiro atoms. The number of aromatic nitrogens is 2. The molecule has 3 heterocycles. The molecule has 15 heavy (non-hydrogen) atoms. The highest BCUT2D eigenvalue weighted by Crippen LogP contribution is 2.35. The lowest BCUT2D eigenvalue weighted by molar-refractivity contribution is 0.102. The molecule has 2 aliphatic heterocycles. The minimum absolute atomic E-state index is 0.344. The fraction of sp³-hybridized carbons (Fsp3) is 0.600. The first-order valence-corrected chi connectivity index (χ1v) is 5.31. The van der Waals surface area contributed by atoms with E-state index >= 15 is 0 Å². The van der Waals surface area contributed by atoms with Crippen molar-refractivity contribution < 1.29 is 4.74 Å². The zero-order valence-corrected chi connectivity index (χ0v) is 8.39. The highest BCUT2D eigenvalue weighted by Gasteiger charge is 2.40. The van der Waals surface area contributed by atoms with Crippen molar-refractivity contribution in [3.05, 3.63) is 12.4 Å². The second-order valence-electron chi connectivity index (χ2n) is 4.20. The molecule has 0 saturated carbocycles. The Bertz CT molecular complexity index is 353. The van der Waals surface area contributed by atoms with Crippen molar-refractivity contribution in [2.24, 2.45) is 0 Å². The van der Waals surface area contributed by atoms with Gasteiger partial charge in [0.25, 0.3) is 0 Å². The first kappa shape index (κ1) is 8.91. The van der Waals surface area contributed by atoms with E-state index in [4.69, 9.17) is 10.5 Å². The van der Waals surface area contributed by atoms with Gasteiger partial charge in [0.1, 0.15) is 0 Å². The lowest BCUT2D eigenvalue weighted by atomic mass is 9.96. The van der Waals surface area contributed by atoms with Gasteiger partial charge in [0.2, 0.25) is 5.95 Å². The Morgan fingerprint density at radius 3 is 2.73 bits per heavy atom. The Hall–Kier alpha value is -1.36. The number of fused-ring (bicyclic) bond motifs is 2. The fourth-order valence-corrected chi connectivity index (χ4v) is 2.37. The first-order valence-electron chi connectivity index (χ1n) is 5.31. The minimum atomic E-state index is 0.344. The third kappa shape index (κ3) is 1.63. The Labute approximate surface area is 88.1 Å². The molecule has 0 aliphatic carbocycles. The van der Waals surface area contributed by atoms with Crippen LogP contribution in [0.4, 0.5) is 11.6 Å². The van der Waals surface area contributed by atoms with E-state index in [0.717, 1.165) is 12.8 Å². The van der Waals surface area contributed by atoms with Crippen LogP contribution in [-0.4, -0.2) is 28.2 Å². The summed E-state index contributed by atoms with van der Waals surface area (Å²) in [6, 6.07) is 0.368. The summed E-state index contributed by atoms with van der Waals surface area (Å²) in [6.07, 6.45) is 7.44. The van der Waals surface area contributed by atoms with Crippen LogP contribution in [0.5, 0.6) is 0 Å². The molecule has 2 saturated heterocycles. The van der Waals surface area contributed by atoms with Crippen LogP contribution >= 0.6 is 0 Å². The van der Waals surface area contributed by atoms with E-state index < -0.39 is 0 Å². The maximum absolute atomic E-state index is 5.74. The van der Waals surface area contributed by atoms with Crippen LogP contribution in [0.15, 0.2) is 12.4 Å². The number of ether oxygens (including phenoxy) is 1. The third-order valence-corrected chi connectivity index (χ3v) is 3.09. The molecule has 2 aliphatic rings. The van der Waals surface area contributed by atoms with Crippen LogP contribution in [0, 0.1) is 0 Å². The average molecular weight is 206 g/mol. The van der Waals surface area contributed by atoms with Crippen molar-refractivity contribution in [1.82, 2.24) is 9.97 Å². The Morgan fingerprint density at radius 1 is 1.33 bits per heavy atom. The van der Waals surface area contributed by atoms with Gasteiger partial charge in [-0.25, -0.2) is 9.97 Å². The third-order valence-electron chi connectivity index (χ3n) is 3.09. The SMILES string of the molecule is Nc1cnc(NC2CC3CCC2O3)nc1. The van der Waals surface area contributed by atoms with E-state index in [-0.39, 0.29) is 0 Å². The molecule has 5 nitrogen and oxygen atoms in total. The van der Waals surface area contributed by atoms with Gasteiger partial charge in [-0.15, -0.1) is 0 Å². The summed E-state index contributed by atoms with van der Waals surface area (Å²) in [6.45, 7) is 0. The number of nitrogen functional groups attached to an aromatic ring is 1. The predicted molar refractivity (Wildman–Crippen MR) is 56.4 cm³/mol. The average Bonchev–Trinajstić information content (AvgIpc) is 2.83. The Kier molecular flexibility index (Phi) is 1.98. The van der Waals surface area contributed by atoms with E-state index in [1.54, 1.807) is 12.4 Å². The van der Waals surface area contributed by atoms with E-state index in [1.807, 2.05) is 0 Å². The summed E-state index contributed by atoms with van der Waals surface area (Å²) >= 11 is 0. The van der Waals surface area contributed by atoms with E-state index in [9.17, 15) is 0 Å². The van der Waals surface area contributed by atoms with Crippen molar-refractivity contribution >= 4 is 11.6 Å². The van der Waals surface area contributed by atoms with Gasteiger partial charge in [-0.1, -0.05) is 0 Å². The van der Waals surface area contributed by atoms with E-state index in [1.165, 1.54) is 6.42 Å². The minimum Gasteiger partial charge on any atom is -0.396 e. The van der Waals surface area contributed by atoms with Gasteiger partial charge < -0.3 is 15.8 Å². The molecule has 0 radical (unpaired) electrons. The number of rotatable bonds is 2. The molecule has 80 valence electrons. The normalized spacial score (nSPS) is 33.2. The molecule has 1 aromatic heterocycles. The van der Waals surface area contributed by atoms with Crippen LogP contribution in [-0.2, 0) is 4.74 Å². The second kappa shape index (κ2) is 3.34. The standard InChI is InChI=1S/C10H14N4O/c11-6-4-12-10(13-5-6)14-8-3-7-1-2-9(8)15-7/h4-5,7-9H,1-3,11H2,(H,12,13,14). The summed E-state index contributed by atoms with van der Waals surface area (Å²) in [5.74, 6) is 0.644. The number of nitrogens with zero attached hydrogens (tertiary/aromatic N) is 2. The molecule has 2 fully saturated rings. The molecule has 2 bridgehead atoms. The van der Waals surface area contributed by atoms with Crippen LogP contribution in [0.2, 0.25) is 0 Å². The summed E-state index contributed by atoms with van der Waals surface area (Å²) in [5.41, 5.74) is 6.11. The lowest BCUT2D eigenvalue weighted by Gasteiger charge is -2.19. The van der Waals surface area contributed by atoms with E-state index in [0.29, 0.717) is 29.9 Å². The summed E-state index contributed by atoms with van der Waals surface area (Å²) in [7, 11) is 0. The number of hydrogen-bond acceptors (Lipinski definition) is 5. The van der Waals surface area contributed by atoms with Crippen LogP contribution in [0.25, 0.3) is 0 Å². The summed E-state index contributed by atoms with van der Waals surface area (Å²) in [5, 5.41) is 3.30. The van der Waals surface area contributed by atoms with Crippen molar-refractivity contribution in [3.8, 4) is 0 Å². The van der Waals surface area contributed by atoms with Gasteiger partial charge in [0.15, 0.2) is 0 Å². The zero-order valence-electron chi connectivity index (χ0n) is 8.39. The maximum atomic E-state index is 5.74. The number of nitrogens with two attached hydrogens (primary N) is 1. The molecular formula is C10H14N4O. The molecule has 3 rings (SSSR count). The summed E-state index contributed by atoms with van der Waals surface area (Å²) in [4.78, 5) is 8.25. The van der Waals surface area contributed by atoms with Gasteiger partial charge in [-0.2, -0.15) is 0 Å². The second-order valence-corrected chi connectivity index (χ2v) is 4.20. The number of nitrogens with one attached hydrogen (secondary N) is 1. The molecule has 3 atom stereocenters. The molecule has 5 heteroatoms. The van der Waals surface area contributed by atoms with Gasteiger partial charge >= 0.3 is 0 Å². The monoisotopic (exact) mass is 206 g/mol. The quantitative estimate of drug-likeness (QED) is 0.748. The lowest BCUT2D eigenvalue weighted by Crippen LogP contribution is -2.31. The Balaban J connectivity index is 1.68. The molecule has 1 aromatic rings. The topological polar surface area (TPSA) is 73.1 Å². The molecule has 3 N–H and O–H groups in total. The number of anilines is 2. The van der Waals surface area contributed by atoms with Crippen LogP contribution in [0.1, 0.15) is 19.3 Å². The van der Waals surface area contributed by atoms with Crippen molar-refractivity contribution in [1.29, 1.82) is 0 Å². The van der Waals surface area contributed by atoms with Gasteiger partial charge in [0, 0.05) is 0 Å². The van der Waals surface area contributed by atoms with Gasteiger partial charge in [0.05, 0.1) is 36.3 Å². The van der Waals surface area contributed by atoms with Crippen molar-refractivity contribution in [3.63, 3.8) is 0 Å². The van der Waals surface area contributed by atoms with Crippen LogP contribution < -0.4 is 11.1 Å². The first-order chi connectivity index (χ1) is 7.31. The molecule has 0 aromatic carbocycles. The summed E-state index contributed by atoms with van der Waals surface area (Å²) < 4.78 is 5.74. The van der Waals surface area contributed by atoms with Crippen LogP contribution in [0.3, 0.4) is 0 Å². The van der Waals surface area contributed by atoms with Gasteiger partial charge in [-0.05, 0) is 19.3 Å². The highest BCUT2D eigenvalue weighted by molar-refractivity contribution is 5.36. The highest BCUT2D eigenvalue weighted by atomic mass is 16.5. The molecule has 0 amide bonds. The fourth-order valence-electron chi connectivity index (χ4n) is 2.37. The zero-order chi connectivity index (χ0) is 10.3. The van der Waals surface area contributed by atoms with Crippen molar-refractivity contribution in [2.45, 2.75) is 37.5 Å². The largest absolute Gasteiger partial charge is 0.396 e. The Morgan fingerprint density at radius 2 is 2.13 bits per heavy atom. The maximum Gasteiger partial charge on any atom is 0.223 e. The smallest absolute Gasteiger partial charge is 0.223 e. The predicted octanol–water partition coefficient (Wildman–Crippen LogP) is 0.791.